The van der Waals surface area contributed by atoms with Crippen LogP contribution in [0, 0.1) is 14.9 Å². The Morgan fingerprint density at radius 3 is 2.71 bits per heavy atom. The van der Waals surface area contributed by atoms with Crippen molar-refractivity contribution in [2.45, 2.75) is 12.3 Å². The maximum absolute atomic E-state index is 12.4. The Morgan fingerprint density at radius 2 is 2.29 bits per heavy atom. The zero-order valence-corrected chi connectivity index (χ0v) is 9.68. The fourth-order valence-electron chi connectivity index (χ4n) is 0.895. The van der Waals surface area contributed by atoms with Crippen LogP contribution in [-0.2, 0) is 5.88 Å². The molecule has 0 atom stereocenters. The molecule has 1 aromatic heterocycles. The highest BCUT2D eigenvalue weighted by atomic mass is 127. The summed E-state index contributed by atoms with van der Waals surface area (Å²) < 4.78 is 25.1. The first kappa shape index (κ1) is 11.6. The maximum atomic E-state index is 12.4. The van der Waals surface area contributed by atoms with Crippen LogP contribution in [0.2, 0.25) is 0 Å². The van der Waals surface area contributed by atoms with Gasteiger partial charge in [-0.15, -0.1) is 11.6 Å². The van der Waals surface area contributed by atoms with Crippen molar-refractivity contribution >= 4 is 34.2 Å². The Kier molecular flexibility index (Phi) is 4.01. The second-order valence-corrected chi connectivity index (χ2v) is 3.83. The van der Waals surface area contributed by atoms with Crippen LogP contribution in [0.4, 0.5) is 8.78 Å². The van der Waals surface area contributed by atoms with Crippen LogP contribution in [0.3, 0.4) is 0 Å². The van der Waals surface area contributed by atoms with E-state index in [1.54, 1.807) is 22.6 Å². The van der Waals surface area contributed by atoms with Gasteiger partial charge in [0.2, 0.25) is 0 Å². The molecule has 0 aliphatic carbocycles. The molecule has 0 spiro atoms. The summed E-state index contributed by atoms with van der Waals surface area (Å²) >= 11 is 7.20. The van der Waals surface area contributed by atoms with Gasteiger partial charge in [0.1, 0.15) is 11.8 Å². The summed E-state index contributed by atoms with van der Waals surface area (Å²) in [6.07, 6.45) is -2.64. The van der Waals surface area contributed by atoms with Gasteiger partial charge in [-0.1, -0.05) is 0 Å². The molecule has 0 unspecified atom stereocenters. The van der Waals surface area contributed by atoms with E-state index < -0.39 is 6.43 Å². The lowest BCUT2D eigenvalue weighted by atomic mass is 10.2. The SMILES string of the molecule is N#Cc1cc(I)c(C(F)F)nc1CCl. The summed E-state index contributed by atoms with van der Waals surface area (Å²) in [6.45, 7) is 0. The second-order valence-electron chi connectivity index (χ2n) is 2.40. The van der Waals surface area contributed by atoms with Gasteiger partial charge in [-0.05, 0) is 28.7 Å². The van der Waals surface area contributed by atoms with Crippen LogP contribution < -0.4 is 0 Å². The van der Waals surface area contributed by atoms with Gasteiger partial charge in [0.25, 0.3) is 6.43 Å². The standard InChI is InChI=1S/C8H4ClF2IN2/c9-2-6-4(3-13)1-5(12)7(14-6)8(10)11/h1,8H,2H2. The van der Waals surface area contributed by atoms with Gasteiger partial charge >= 0.3 is 0 Å². The lowest BCUT2D eigenvalue weighted by Crippen LogP contribution is -2.01. The number of rotatable bonds is 2. The molecule has 2 nitrogen and oxygen atoms in total. The fourth-order valence-corrected chi connectivity index (χ4v) is 1.77. The minimum Gasteiger partial charge on any atom is -0.248 e. The number of aromatic nitrogens is 1. The third kappa shape index (κ3) is 2.30. The third-order valence-corrected chi connectivity index (χ3v) is 2.65. The summed E-state index contributed by atoms with van der Waals surface area (Å²) in [5.74, 6) is -0.0421. The van der Waals surface area contributed by atoms with Crippen molar-refractivity contribution in [1.82, 2.24) is 4.98 Å². The monoisotopic (exact) mass is 328 g/mol. The van der Waals surface area contributed by atoms with Gasteiger partial charge in [-0.3, -0.25) is 0 Å². The smallest absolute Gasteiger partial charge is 0.248 e. The topological polar surface area (TPSA) is 36.7 Å². The highest BCUT2D eigenvalue weighted by Crippen LogP contribution is 2.24. The summed E-state index contributed by atoms with van der Waals surface area (Å²) in [5, 5.41) is 8.66. The number of nitriles is 1. The van der Waals surface area contributed by atoms with Gasteiger partial charge in [-0.25, -0.2) is 13.8 Å². The van der Waals surface area contributed by atoms with Crippen molar-refractivity contribution in [3.8, 4) is 6.07 Å². The molecule has 0 aromatic carbocycles. The van der Waals surface area contributed by atoms with E-state index in [0.29, 0.717) is 0 Å². The molecule has 1 rings (SSSR count). The number of nitrogens with zero attached hydrogens (tertiary/aromatic N) is 2. The minimum atomic E-state index is -2.64. The zero-order chi connectivity index (χ0) is 10.7. The van der Waals surface area contributed by atoms with E-state index in [1.165, 1.54) is 6.07 Å². The Labute approximate surface area is 98.0 Å². The van der Waals surface area contributed by atoms with Crippen LogP contribution in [-0.4, -0.2) is 4.98 Å². The van der Waals surface area contributed by atoms with Gasteiger partial charge in [0.05, 0.1) is 17.1 Å². The first-order chi connectivity index (χ1) is 6.60. The van der Waals surface area contributed by atoms with Gasteiger partial charge in [0, 0.05) is 3.57 Å². The van der Waals surface area contributed by atoms with Gasteiger partial charge < -0.3 is 0 Å². The molecule has 74 valence electrons. The average molecular weight is 328 g/mol. The van der Waals surface area contributed by atoms with Crippen LogP contribution >= 0.6 is 34.2 Å². The van der Waals surface area contributed by atoms with Crippen molar-refractivity contribution in [3.05, 3.63) is 26.6 Å². The van der Waals surface area contributed by atoms with Crippen LogP contribution in [0.15, 0.2) is 6.07 Å². The summed E-state index contributed by atoms with van der Waals surface area (Å²) in [4.78, 5) is 3.65. The van der Waals surface area contributed by atoms with Crippen molar-refractivity contribution in [1.29, 1.82) is 5.26 Å². The fraction of sp³-hybridized carbons (Fsp3) is 0.250. The average Bonchev–Trinajstić information content (AvgIpc) is 2.16. The highest BCUT2D eigenvalue weighted by molar-refractivity contribution is 14.1. The van der Waals surface area contributed by atoms with E-state index in [9.17, 15) is 8.78 Å². The Balaban J connectivity index is 3.32. The number of hydrogen-bond donors (Lipinski definition) is 0. The number of halogens is 4. The predicted octanol–water partition coefficient (Wildman–Crippen LogP) is 3.23. The molecule has 1 aromatic rings. The quantitative estimate of drug-likeness (QED) is 0.617. The lowest BCUT2D eigenvalue weighted by molar-refractivity contribution is 0.145. The first-order valence-electron chi connectivity index (χ1n) is 3.53. The Morgan fingerprint density at radius 1 is 1.64 bits per heavy atom. The third-order valence-electron chi connectivity index (χ3n) is 1.54. The largest absolute Gasteiger partial charge is 0.281 e. The van der Waals surface area contributed by atoms with Crippen molar-refractivity contribution in [2.24, 2.45) is 0 Å². The molecular formula is C8H4ClF2IN2. The Hall–Kier alpha value is -0.480. The molecule has 0 bridgehead atoms. The van der Waals surface area contributed by atoms with E-state index in [2.05, 4.69) is 4.98 Å². The molecule has 1 heterocycles. The highest BCUT2D eigenvalue weighted by Gasteiger charge is 2.16. The molecule has 0 saturated carbocycles. The molecule has 0 aliphatic heterocycles. The lowest BCUT2D eigenvalue weighted by Gasteiger charge is -2.05. The molecule has 0 amide bonds. The van der Waals surface area contributed by atoms with Crippen LogP contribution in [0.1, 0.15) is 23.4 Å². The molecule has 6 heteroatoms. The number of hydrogen-bond acceptors (Lipinski definition) is 2. The van der Waals surface area contributed by atoms with Crippen molar-refractivity contribution < 1.29 is 8.78 Å². The van der Waals surface area contributed by atoms with Crippen molar-refractivity contribution in [2.75, 3.05) is 0 Å². The second kappa shape index (κ2) is 4.84. The molecule has 14 heavy (non-hydrogen) atoms. The molecule has 0 aliphatic rings. The number of pyridine rings is 1. The molecule has 0 fully saturated rings. The van der Waals surface area contributed by atoms with E-state index in [1.807, 2.05) is 6.07 Å². The maximum Gasteiger partial charge on any atom is 0.281 e. The van der Waals surface area contributed by atoms with Crippen LogP contribution in [0.25, 0.3) is 0 Å². The van der Waals surface area contributed by atoms with E-state index in [4.69, 9.17) is 16.9 Å². The molecule has 0 radical (unpaired) electrons. The number of alkyl halides is 3. The summed E-state index contributed by atoms with van der Waals surface area (Å²) in [5.41, 5.74) is 0.124. The van der Waals surface area contributed by atoms with E-state index in [-0.39, 0.29) is 26.4 Å². The summed E-state index contributed by atoms with van der Waals surface area (Å²) in [7, 11) is 0. The van der Waals surface area contributed by atoms with Crippen LogP contribution in [0.5, 0.6) is 0 Å². The molecule has 0 saturated heterocycles. The molecule has 0 N–H and O–H groups in total. The molecular weight excluding hydrogens is 324 g/mol. The summed E-state index contributed by atoms with van der Waals surface area (Å²) in [6, 6.07) is 3.22. The van der Waals surface area contributed by atoms with Gasteiger partial charge in [-0.2, -0.15) is 5.26 Å². The first-order valence-corrected chi connectivity index (χ1v) is 5.15. The normalized spacial score (nSPS) is 10.3. The zero-order valence-electron chi connectivity index (χ0n) is 6.77. The van der Waals surface area contributed by atoms with Gasteiger partial charge in [0.15, 0.2) is 0 Å². The van der Waals surface area contributed by atoms with E-state index >= 15 is 0 Å². The Bertz CT molecular complexity index is 389. The predicted molar refractivity (Wildman–Crippen MR) is 56.2 cm³/mol. The minimum absolute atomic E-state index is 0.0421. The van der Waals surface area contributed by atoms with Crippen molar-refractivity contribution in [3.63, 3.8) is 0 Å². The van der Waals surface area contributed by atoms with E-state index in [0.717, 1.165) is 0 Å².